The molecule has 0 unspecified atom stereocenters. The number of benzene rings is 1. The molecule has 0 atom stereocenters. The zero-order valence-electron chi connectivity index (χ0n) is 6.39. The molecule has 1 rings (SSSR count). The van der Waals surface area contributed by atoms with Gasteiger partial charge in [-0.3, -0.25) is 0 Å². The van der Waals surface area contributed by atoms with E-state index in [0.29, 0.717) is 5.75 Å². The molecule has 1 nitrogen and oxygen atoms in total. The van der Waals surface area contributed by atoms with Crippen LogP contribution < -0.4 is 4.74 Å². The Kier molecular flexibility index (Phi) is 3.29. The summed E-state index contributed by atoms with van der Waals surface area (Å²) in [4.78, 5) is 0. The van der Waals surface area contributed by atoms with Crippen molar-refractivity contribution in [3.63, 3.8) is 0 Å². The SMILES string of the molecule is C=C(F)COc1ccccc1Br. The summed E-state index contributed by atoms with van der Waals surface area (Å²) < 4.78 is 18.1. The fourth-order valence-corrected chi connectivity index (χ4v) is 1.12. The first kappa shape index (κ1) is 9.26. The smallest absolute Gasteiger partial charge is 0.139 e. The average molecular weight is 231 g/mol. The van der Waals surface area contributed by atoms with E-state index >= 15 is 0 Å². The third kappa shape index (κ3) is 2.66. The predicted molar refractivity (Wildman–Crippen MR) is 49.9 cm³/mol. The van der Waals surface area contributed by atoms with Crippen LogP contribution in [0.25, 0.3) is 0 Å². The molecule has 0 spiro atoms. The van der Waals surface area contributed by atoms with Gasteiger partial charge in [0.25, 0.3) is 0 Å². The second kappa shape index (κ2) is 4.26. The van der Waals surface area contributed by atoms with Crippen molar-refractivity contribution >= 4 is 15.9 Å². The molecule has 3 heteroatoms. The number of ether oxygens (including phenoxy) is 1. The average Bonchev–Trinajstić information content (AvgIpc) is 2.03. The predicted octanol–water partition coefficient (Wildman–Crippen LogP) is 3.31. The van der Waals surface area contributed by atoms with E-state index in [0.717, 1.165) is 4.47 Å². The highest BCUT2D eigenvalue weighted by molar-refractivity contribution is 9.10. The summed E-state index contributed by atoms with van der Waals surface area (Å²) in [7, 11) is 0. The second-order valence-electron chi connectivity index (χ2n) is 2.24. The van der Waals surface area contributed by atoms with Crippen molar-refractivity contribution in [3.8, 4) is 5.75 Å². The van der Waals surface area contributed by atoms with E-state index < -0.39 is 5.83 Å². The van der Waals surface area contributed by atoms with Crippen LogP contribution in [0.15, 0.2) is 41.1 Å². The first-order chi connectivity index (χ1) is 5.70. The van der Waals surface area contributed by atoms with E-state index in [4.69, 9.17) is 4.74 Å². The van der Waals surface area contributed by atoms with E-state index in [1.807, 2.05) is 18.2 Å². The highest BCUT2D eigenvalue weighted by Gasteiger charge is 1.98. The fraction of sp³-hybridized carbons (Fsp3) is 0.111. The molecule has 64 valence electrons. The van der Waals surface area contributed by atoms with Gasteiger partial charge in [0.2, 0.25) is 0 Å². The van der Waals surface area contributed by atoms with E-state index in [1.54, 1.807) is 6.07 Å². The molecular formula is C9H8BrFO. The number of para-hydroxylation sites is 1. The maximum Gasteiger partial charge on any atom is 0.139 e. The maximum absolute atomic E-state index is 12.2. The van der Waals surface area contributed by atoms with Crippen LogP contribution in [-0.2, 0) is 0 Å². The first-order valence-corrected chi connectivity index (χ1v) is 4.20. The summed E-state index contributed by atoms with van der Waals surface area (Å²) in [6.45, 7) is 3.00. The zero-order valence-corrected chi connectivity index (χ0v) is 7.97. The summed E-state index contributed by atoms with van der Waals surface area (Å²) in [5.41, 5.74) is 0. The van der Waals surface area contributed by atoms with Gasteiger partial charge in [0.15, 0.2) is 0 Å². The molecule has 0 N–H and O–H groups in total. The van der Waals surface area contributed by atoms with Gasteiger partial charge < -0.3 is 4.74 Å². The highest BCUT2D eigenvalue weighted by atomic mass is 79.9. The molecule has 0 aromatic heterocycles. The lowest BCUT2D eigenvalue weighted by atomic mass is 10.3. The maximum atomic E-state index is 12.2. The second-order valence-corrected chi connectivity index (χ2v) is 3.09. The minimum Gasteiger partial charge on any atom is -0.485 e. The van der Waals surface area contributed by atoms with Gasteiger partial charge in [-0.1, -0.05) is 18.7 Å². The van der Waals surface area contributed by atoms with Gasteiger partial charge in [0.05, 0.1) is 4.47 Å². The molecule has 0 aliphatic heterocycles. The van der Waals surface area contributed by atoms with Crippen LogP contribution in [-0.4, -0.2) is 6.61 Å². The number of hydrogen-bond acceptors (Lipinski definition) is 1. The van der Waals surface area contributed by atoms with Crippen LogP contribution in [0.5, 0.6) is 5.75 Å². The Bertz CT molecular complexity index is 286. The van der Waals surface area contributed by atoms with Gasteiger partial charge in [0.1, 0.15) is 18.2 Å². The van der Waals surface area contributed by atoms with E-state index in [-0.39, 0.29) is 6.61 Å². The van der Waals surface area contributed by atoms with E-state index in [2.05, 4.69) is 22.5 Å². The standard InChI is InChI=1S/C9H8BrFO/c1-7(11)6-12-9-5-3-2-4-8(9)10/h2-5H,1,6H2. The van der Waals surface area contributed by atoms with Crippen molar-refractivity contribution in [2.75, 3.05) is 6.61 Å². The fourth-order valence-electron chi connectivity index (χ4n) is 0.718. The van der Waals surface area contributed by atoms with Crippen LogP contribution in [0.3, 0.4) is 0 Å². The Morgan fingerprint density at radius 3 is 2.75 bits per heavy atom. The summed E-state index contributed by atoms with van der Waals surface area (Å²) in [6, 6.07) is 7.27. The normalized spacial score (nSPS) is 9.50. The van der Waals surface area contributed by atoms with Crippen molar-refractivity contribution in [1.82, 2.24) is 0 Å². The van der Waals surface area contributed by atoms with Crippen LogP contribution in [0.1, 0.15) is 0 Å². The third-order valence-electron chi connectivity index (χ3n) is 1.22. The summed E-state index contributed by atoms with van der Waals surface area (Å²) in [5, 5.41) is 0. The molecule has 0 radical (unpaired) electrons. The molecule has 0 amide bonds. The lowest BCUT2D eigenvalue weighted by Crippen LogP contribution is -1.96. The Morgan fingerprint density at radius 2 is 2.17 bits per heavy atom. The van der Waals surface area contributed by atoms with Gasteiger partial charge in [0, 0.05) is 0 Å². The van der Waals surface area contributed by atoms with Crippen molar-refractivity contribution in [2.24, 2.45) is 0 Å². The topological polar surface area (TPSA) is 9.23 Å². The molecule has 0 heterocycles. The van der Waals surface area contributed by atoms with Crippen molar-refractivity contribution in [3.05, 3.63) is 41.1 Å². The molecule has 0 aliphatic carbocycles. The van der Waals surface area contributed by atoms with Crippen LogP contribution in [0.4, 0.5) is 4.39 Å². The molecule has 1 aromatic rings. The first-order valence-electron chi connectivity index (χ1n) is 3.41. The van der Waals surface area contributed by atoms with Gasteiger partial charge in [-0.2, -0.15) is 0 Å². The number of rotatable bonds is 3. The molecular weight excluding hydrogens is 223 g/mol. The van der Waals surface area contributed by atoms with E-state index in [9.17, 15) is 4.39 Å². The molecule has 1 aromatic carbocycles. The Labute approximate surface area is 79.0 Å². The Morgan fingerprint density at radius 1 is 1.50 bits per heavy atom. The molecule has 12 heavy (non-hydrogen) atoms. The molecule has 0 aliphatic rings. The van der Waals surface area contributed by atoms with Gasteiger partial charge in [-0.15, -0.1) is 0 Å². The quantitative estimate of drug-likeness (QED) is 0.775. The van der Waals surface area contributed by atoms with Gasteiger partial charge in [-0.25, -0.2) is 4.39 Å². The summed E-state index contributed by atoms with van der Waals surface area (Å²) in [6.07, 6.45) is 0. The molecule has 0 bridgehead atoms. The van der Waals surface area contributed by atoms with Crippen molar-refractivity contribution < 1.29 is 9.13 Å². The summed E-state index contributed by atoms with van der Waals surface area (Å²) >= 11 is 3.27. The zero-order chi connectivity index (χ0) is 8.97. The van der Waals surface area contributed by atoms with E-state index in [1.165, 1.54) is 0 Å². The van der Waals surface area contributed by atoms with Crippen LogP contribution >= 0.6 is 15.9 Å². The summed E-state index contributed by atoms with van der Waals surface area (Å²) in [5.74, 6) is 0.141. The lowest BCUT2D eigenvalue weighted by Gasteiger charge is -2.05. The van der Waals surface area contributed by atoms with Crippen molar-refractivity contribution in [2.45, 2.75) is 0 Å². The third-order valence-corrected chi connectivity index (χ3v) is 1.88. The van der Waals surface area contributed by atoms with Crippen LogP contribution in [0, 0.1) is 0 Å². The molecule has 0 saturated heterocycles. The van der Waals surface area contributed by atoms with Crippen molar-refractivity contribution in [1.29, 1.82) is 0 Å². The minimum absolute atomic E-state index is 0.0946. The molecule has 0 fully saturated rings. The number of halogens is 2. The molecule has 0 saturated carbocycles. The monoisotopic (exact) mass is 230 g/mol. The number of hydrogen-bond donors (Lipinski definition) is 0. The Balaban J connectivity index is 2.63. The highest BCUT2D eigenvalue weighted by Crippen LogP contribution is 2.23. The van der Waals surface area contributed by atoms with Gasteiger partial charge in [-0.05, 0) is 28.1 Å². The van der Waals surface area contributed by atoms with Gasteiger partial charge >= 0.3 is 0 Å². The Hall–Kier alpha value is -0.830. The largest absolute Gasteiger partial charge is 0.485 e. The minimum atomic E-state index is -0.481. The lowest BCUT2D eigenvalue weighted by molar-refractivity contribution is 0.318. The van der Waals surface area contributed by atoms with Crippen LogP contribution in [0.2, 0.25) is 0 Å².